The summed E-state index contributed by atoms with van der Waals surface area (Å²) in [5.41, 5.74) is 9.46. The number of anilines is 1. The Labute approximate surface area is 99.7 Å². The Morgan fingerprint density at radius 2 is 2.29 bits per heavy atom. The third-order valence-corrected chi connectivity index (χ3v) is 2.40. The Hall–Kier alpha value is -2.30. The number of nitrogen functional groups attached to an aromatic ring is 2. The molecule has 0 radical (unpaired) electrons. The van der Waals surface area contributed by atoms with E-state index >= 15 is 0 Å². The summed E-state index contributed by atoms with van der Waals surface area (Å²) in [6.45, 7) is 2.01. The molecule has 5 heteroatoms. The van der Waals surface area contributed by atoms with Crippen LogP contribution >= 0.6 is 0 Å². The summed E-state index contributed by atoms with van der Waals surface area (Å²) in [6.07, 6.45) is 5.96. The molecule has 0 aliphatic heterocycles. The lowest BCUT2D eigenvalue weighted by Gasteiger charge is -2.00. The van der Waals surface area contributed by atoms with E-state index in [0.29, 0.717) is 12.1 Å². The van der Waals surface area contributed by atoms with Crippen molar-refractivity contribution in [2.75, 3.05) is 11.6 Å². The van der Waals surface area contributed by atoms with Crippen molar-refractivity contribution in [1.29, 1.82) is 0 Å². The minimum Gasteiger partial charge on any atom is -0.397 e. The molecule has 2 rings (SSSR count). The van der Waals surface area contributed by atoms with Gasteiger partial charge in [0.1, 0.15) is 0 Å². The van der Waals surface area contributed by atoms with Gasteiger partial charge in [-0.25, -0.2) is 0 Å². The molecule has 0 unspecified atom stereocenters. The zero-order valence-corrected chi connectivity index (χ0v) is 9.67. The lowest BCUT2D eigenvalue weighted by molar-refractivity contribution is 0.831. The van der Waals surface area contributed by atoms with Gasteiger partial charge in [-0.15, -0.1) is 0 Å². The van der Waals surface area contributed by atoms with Gasteiger partial charge in [-0.05, 0) is 30.2 Å². The van der Waals surface area contributed by atoms with E-state index in [4.69, 9.17) is 11.6 Å². The quantitative estimate of drug-likeness (QED) is 0.474. The Morgan fingerprint density at radius 3 is 3.00 bits per heavy atom. The van der Waals surface area contributed by atoms with Gasteiger partial charge in [0.05, 0.1) is 23.8 Å². The van der Waals surface area contributed by atoms with E-state index in [0.717, 1.165) is 16.8 Å². The van der Waals surface area contributed by atoms with Crippen molar-refractivity contribution in [3.05, 3.63) is 41.7 Å². The van der Waals surface area contributed by atoms with Crippen LogP contribution in [0.25, 0.3) is 0 Å². The molecule has 0 fully saturated rings. The second-order valence-electron chi connectivity index (χ2n) is 3.91. The van der Waals surface area contributed by atoms with Gasteiger partial charge in [0.2, 0.25) is 0 Å². The Bertz CT molecular complexity index is 542. The second-order valence-corrected chi connectivity index (χ2v) is 3.91. The fourth-order valence-corrected chi connectivity index (χ4v) is 1.50. The van der Waals surface area contributed by atoms with E-state index in [1.54, 1.807) is 12.4 Å². The Kier molecular flexibility index (Phi) is 3.09. The summed E-state index contributed by atoms with van der Waals surface area (Å²) >= 11 is 0. The highest BCUT2D eigenvalue weighted by Crippen LogP contribution is 2.22. The normalized spacial score (nSPS) is 11.1. The maximum Gasteiger partial charge on any atom is 0.0857 e. The van der Waals surface area contributed by atoms with Crippen LogP contribution < -0.4 is 11.6 Å². The highest BCUT2D eigenvalue weighted by atomic mass is 15.5. The number of aliphatic imine (C=N–C) groups is 1. The highest BCUT2D eigenvalue weighted by Gasteiger charge is 1.97. The number of nitrogens with two attached hydrogens (primary N) is 2. The van der Waals surface area contributed by atoms with E-state index in [2.05, 4.69) is 10.1 Å². The second kappa shape index (κ2) is 4.69. The first kappa shape index (κ1) is 11.2. The standard InChI is InChI=1S/C12H15N5/c1-9-2-3-11(13)12(6-9)15-5-4-10-7-16-17(14)8-10/h2-3,5-8H,4,13-14H2,1H3. The molecule has 4 N–H and O–H groups in total. The average Bonchev–Trinajstić information content (AvgIpc) is 2.69. The topological polar surface area (TPSA) is 82.2 Å². The van der Waals surface area contributed by atoms with Crippen LogP contribution in [-0.2, 0) is 6.42 Å². The lowest BCUT2D eigenvalue weighted by Crippen LogP contribution is -2.07. The molecule has 1 aromatic carbocycles. The number of hydrogen-bond donors (Lipinski definition) is 2. The molecule has 0 atom stereocenters. The Balaban J connectivity index is 2.07. The molecule has 0 aliphatic carbocycles. The van der Waals surface area contributed by atoms with Crippen molar-refractivity contribution in [3.63, 3.8) is 0 Å². The van der Waals surface area contributed by atoms with Crippen molar-refractivity contribution in [1.82, 2.24) is 9.89 Å². The first-order valence-corrected chi connectivity index (χ1v) is 5.32. The number of nitrogens with zero attached hydrogens (tertiary/aromatic N) is 3. The number of aromatic nitrogens is 2. The molecule has 2 aromatic rings. The molecule has 5 nitrogen and oxygen atoms in total. The van der Waals surface area contributed by atoms with Crippen LogP contribution in [0.5, 0.6) is 0 Å². The van der Waals surface area contributed by atoms with Crippen molar-refractivity contribution in [3.8, 4) is 0 Å². The summed E-state index contributed by atoms with van der Waals surface area (Å²) < 4.78 is 0. The maximum atomic E-state index is 5.82. The summed E-state index contributed by atoms with van der Waals surface area (Å²) in [6, 6.07) is 5.78. The number of rotatable bonds is 3. The van der Waals surface area contributed by atoms with Crippen molar-refractivity contribution in [2.24, 2.45) is 4.99 Å². The monoisotopic (exact) mass is 229 g/mol. The third kappa shape index (κ3) is 2.84. The first-order chi connectivity index (χ1) is 8.15. The van der Waals surface area contributed by atoms with Crippen LogP contribution in [0.1, 0.15) is 11.1 Å². The molecule has 0 saturated carbocycles. The van der Waals surface area contributed by atoms with Gasteiger partial charge in [0.15, 0.2) is 0 Å². The maximum absolute atomic E-state index is 5.82. The van der Waals surface area contributed by atoms with Crippen molar-refractivity contribution < 1.29 is 0 Å². The lowest BCUT2D eigenvalue weighted by atomic mass is 10.2. The average molecular weight is 229 g/mol. The number of benzene rings is 1. The van der Waals surface area contributed by atoms with Gasteiger partial charge < -0.3 is 11.6 Å². The fraction of sp³-hybridized carbons (Fsp3) is 0.167. The molecule has 0 aliphatic rings. The van der Waals surface area contributed by atoms with E-state index < -0.39 is 0 Å². The molecule has 0 saturated heterocycles. The number of aryl methyl sites for hydroxylation is 1. The Morgan fingerprint density at radius 1 is 1.47 bits per heavy atom. The SMILES string of the molecule is Cc1ccc(N)c(N=CCc2cnn(N)c2)c1. The van der Waals surface area contributed by atoms with Crippen LogP contribution in [0, 0.1) is 6.92 Å². The summed E-state index contributed by atoms with van der Waals surface area (Å²) in [7, 11) is 0. The van der Waals surface area contributed by atoms with E-state index in [-0.39, 0.29) is 0 Å². The van der Waals surface area contributed by atoms with Gasteiger partial charge in [0.25, 0.3) is 0 Å². The van der Waals surface area contributed by atoms with Crippen molar-refractivity contribution >= 4 is 17.6 Å². The molecule has 88 valence electrons. The summed E-state index contributed by atoms with van der Waals surface area (Å²) in [5.74, 6) is 5.45. The van der Waals surface area contributed by atoms with Gasteiger partial charge in [-0.2, -0.15) is 9.89 Å². The minimum atomic E-state index is 0.682. The predicted molar refractivity (Wildman–Crippen MR) is 69.8 cm³/mol. The first-order valence-electron chi connectivity index (χ1n) is 5.32. The van der Waals surface area contributed by atoms with Crippen LogP contribution in [-0.4, -0.2) is 16.1 Å². The van der Waals surface area contributed by atoms with Gasteiger partial charge in [-0.1, -0.05) is 6.07 Å². The van der Waals surface area contributed by atoms with Gasteiger partial charge in [-0.3, -0.25) is 4.99 Å². The van der Waals surface area contributed by atoms with E-state index in [9.17, 15) is 0 Å². The zero-order valence-electron chi connectivity index (χ0n) is 9.67. The number of hydrogen-bond acceptors (Lipinski definition) is 4. The van der Waals surface area contributed by atoms with Crippen LogP contribution in [0.4, 0.5) is 11.4 Å². The van der Waals surface area contributed by atoms with E-state index in [1.165, 1.54) is 4.79 Å². The molecule has 1 heterocycles. The van der Waals surface area contributed by atoms with Crippen molar-refractivity contribution in [2.45, 2.75) is 13.3 Å². The fourth-order valence-electron chi connectivity index (χ4n) is 1.50. The summed E-state index contributed by atoms with van der Waals surface area (Å²) in [4.78, 5) is 5.63. The highest BCUT2D eigenvalue weighted by molar-refractivity contribution is 5.72. The predicted octanol–water partition coefficient (Wildman–Crippen LogP) is 1.43. The van der Waals surface area contributed by atoms with Gasteiger partial charge >= 0.3 is 0 Å². The minimum absolute atomic E-state index is 0.682. The molecule has 0 bridgehead atoms. The van der Waals surface area contributed by atoms with Crippen LogP contribution in [0.15, 0.2) is 35.6 Å². The largest absolute Gasteiger partial charge is 0.397 e. The molecule has 1 aromatic heterocycles. The molecule has 17 heavy (non-hydrogen) atoms. The molecular weight excluding hydrogens is 214 g/mol. The zero-order chi connectivity index (χ0) is 12.3. The molecule has 0 amide bonds. The summed E-state index contributed by atoms with van der Waals surface area (Å²) in [5, 5.41) is 3.88. The third-order valence-electron chi connectivity index (χ3n) is 2.40. The van der Waals surface area contributed by atoms with Crippen LogP contribution in [0.2, 0.25) is 0 Å². The van der Waals surface area contributed by atoms with Crippen LogP contribution in [0.3, 0.4) is 0 Å². The smallest absolute Gasteiger partial charge is 0.0857 e. The van der Waals surface area contributed by atoms with E-state index in [1.807, 2.05) is 31.3 Å². The molecular formula is C12H15N5. The molecule has 0 spiro atoms. The van der Waals surface area contributed by atoms with Gasteiger partial charge in [0, 0.05) is 12.6 Å².